The minimum Gasteiger partial charge on any atom is -0.496 e. The zero-order chi connectivity index (χ0) is 22.2. The number of ether oxygens (including phenoxy) is 3. The fraction of sp³-hybridized carbons (Fsp3) is 0.583. The SMILES string of the molecule is COc1ncc(C2(O)C3CCCC2CN(Cc2ccc(OC)c(C)c2C)C3)c(OC)n1. The first kappa shape index (κ1) is 21.8. The molecule has 1 saturated carbocycles. The van der Waals surface area contributed by atoms with Crippen molar-refractivity contribution in [1.29, 1.82) is 0 Å². The molecule has 2 aromatic rings. The zero-order valence-electron chi connectivity index (χ0n) is 19.1. The number of rotatable bonds is 6. The molecular formula is C24H33N3O4. The number of nitrogens with zero attached hydrogens (tertiary/aromatic N) is 3. The van der Waals surface area contributed by atoms with Crippen molar-refractivity contribution in [1.82, 2.24) is 14.9 Å². The molecule has 0 amide bonds. The average Bonchev–Trinajstić information content (AvgIpc) is 2.77. The van der Waals surface area contributed by atoms with Crippen LogP contribution in [0.2, 0.25) is 0 Å². The van der Waals surface area contributed by atoms with Crippen molar-refractivity contribution >= 4 is 0 Å². The largest absolute Gasteiger partial charge is 0.496 e. The third-order valence-corrected chi connectivity index (χ3v) is 7.31. The number of piperidine rings is 1. The number of aromatic nitrogens is 2. The summed E-state index contributed by atoms with van der Waals surface area (Å²) < 4.78 is 16.1. The first-order valence-corrected chi connectivity index (χ1v) is 11.0. The summed E-state index contributed by atoms with van der Waals surface area (Å²) in [4.78, 5) is 11.1. The lowest BCUT2D eigenvalue weighted by Crippen LogP contribution is -2.58. The summed E-state index contributed by atoms with van der Waals surface area (Å²) in [5.41, 5.74) is 3.47. The van der Waals surface area contributed by atoms with E-state index in [9.17, 15) is 5.11 Å². The van der Waals surface area contributed by atoms with Crippen LogP contribution >= 0.6 is 0 Å². The van der Waals surface area contributed by atoms with Crippen molar-refractivity contribution in [3.8, 4) is 17.6 Å². The Balaban J connectivity index is 1.61. The van der Waals surface area contributed by atoms with Gasteiger partial charge in [-0.05, 0) is 49.4 Å². The van der Waals surface area contributed by atoms with Crippen LogP contribution in [0.25, 0.3) is 0 Å². The predicted octanol–water partition coefficient (Wildman–Crippen LogP) is 3.24. The molecule has 7 nitrogen and oxygen atoms in total. The molecule has 7 heteroatoms. The molecule has 2 aliphatic rings. The van der Waals surface area contributed by atoms with Gasteiger partial charge in [0.1, 0.15) is 11.4 Å². The van der Waals surface area contributed by atoms with E-state index in [1.165, 1.54) is 23.8 Å². The van der Waals surface area contributed by atoms with Crippen molar-refractivity contribution in [2.75, 3.05) is 34.4 Å². The van der Waals surface area contributed by atoms with Crippen molar-refractivity contribution in [3.63, 3.8) is 0 Å². The van der Waals surface area contributed by atoms with E-state index in [1.807, 2.05) is 0 Å². The van der Waals surface area contributed by atoms with Crippen LogP contribution in [0.15, 0.2) is 18.3 Å². The third-order valence-electron chi connectivity index (χ3n) is 7.31. The van der Waals surface area contributed by atoms with Crippen LogP contribution in [0.4, 0.5) is 0 Å². The maximum absolute atomic E-state index is 12.0. The van der Waals surface area contributed by atoms with E-state index in [1.54, 1.807) is 20.4 Å². The van der Waals surface area contributed by atoms with Crippen molar-refractivity contribution in [2.24, 2.45) is 11.8 Å². The Morgan fingerprint density at radius 2 is 1.74 bits per heavy atom. The maximum atomic E-state index is 12.0. The van der Waals surface area contributed by atoms with E-state index in [2.05, 4.69) is 40.8 Å². The quantitative estimate of drug-likeness (QED) is 0.758. The molecule has 0 radical (unpaired) electrons. The first-order valence-electron chi connectivity index (χ1n) is 11.0. The molecule has 1 N–H and O–H groups in total. The molecule has 168 valence electrons. The van der Waals surface area contributed by atoms with Gasteiger partial charge in [0.05, 0.1) is 26.9 Å². The number of likely N-dealkylation sites (tertiary alicyclic amines) is 1. The van der Waals surface area contributed by atoms with E-state index in [4.69, 9.17) is 14.2 Å². The molecule has 4 rings (SSSR count). The second-order valence-corrected chi connectivity index (χ2v) is 8.80. The molecule has 1 aromatic heterocycles. The molecule has 2 heterocycles. The molecule has 2 unspecified atom stereocenters. The van der Waals surface area contributed by atoms with Crippen LogP contribution in [-0.2, 0) is 12.1 Å². The third kappa shape index (κ3) is 3.74. The summed E-state index contributed by atoms with van der Waals surface area (Å²) in [5, 5.41) is 12.0. The standard InChI is InChI=1S/C24H33N3O4/c1-15-16(2)21(29-3)10-9-17(15)12-27-13-18-7-6-8-19(14-27)24(18,28)20-11-25-23(31-5)26-22(20)30-4/h9-11,18-19,28H,6-8,12-14H2,1-5H3. The fourth-order valence-corrected chi connectivity index (χ4v) is 5.48. The topological polar surface area (TPSA) is 76.9 Å². The van der Waals surface area contributed by atoms with Gasteiger partial charge in [-0.15, -0.1) is 0 Å². The second-order valence-electron chi connectivity index (χ2n) is 8.80. The summed E-state index contributed by atoms with van der Waals surface area (Å²) >= 11 is 0. The molecule has 1 aromatic carbocycles. The van der Waals surface area contributed by atoms with Crippen LogP contribution in [0.3, 0.4) is 0 Å². The molecule has 0 spiro atoms. The van der Waals surface area contributed by atoms with Gasteiger partial charge in [0, 0.05) is 37.7 Å². The Labute approximate surface area is 184 Å². The zero-order valence-corrected chi connectivity index (χ0v) is 19.1. The minimum atomic E-state index is -0.989. The lowest BCUT2D eigenvalue weighted by Gasteiger charge is -2.53. The molecule has 2 atom stereocenters. The van der Waals surface area contributed by atoms with Gasteiger partial charge in [0.2, 0.25) is 5.88 Å². The highest BCUT2D eigenvalue weighted by molar-refractivity contribution is 5.43. The van der Waals surface area contributed by atoms with Crippen LogP contribution < -0.4 is 14.2 Å². The molecule has 31 heavy (non-hydrogen) atoms. The van der Waals surface area contributed by atoms with Crippen LogP contribution in [0.1, 0.15) is 41.5 Å². The molecular weight excluding hydrogens is 394 g/mol. The fourth-order valence-electron chi connectivity index (χ4n) is 5.48. The Bertz CT molecular complexity index is 935. The Kier molecular flexibility index (Phi) is 6.08. The van der Waals surface area contributed by atoms with Gasteiger partial charge in [-0.1, -0.05) is 12.5 Å². The molecule has 2 bridgehead atoms. The Morgan fingerprint density at radius 3 is 2.35 bits per heavy atom. The van der Waals surface area contributed by atoms with Crippen molar-refractivity contribution in [3.05, 3.63) is 40.6 Å². The number of fused-ring (bicyclic) bond motifs is 2. The van der Waals surface area contributed by atoms with E-state index in [0.29, 0.717) is 11.4 Å². The van der Waals surface area contributed by atoms with Crippen LogP contribution in [-0.4, -0.2) is 54.4 Å². The van der Waals surface area contributed by atoms with Crippen LogP contribution in [0, 0.1) is 25.7 Å². The average molecular weight is 428 g/mol. The number of methoxy groups -OCH3 is 3. The summed E-state index contributed by atoms with van der Waals surface area (Å²) in [6.45, 7) is 6.79. The van der Waals surface area contributed by atoms with Gasteiger partial charge in [-0.25, -0.2) is 4.98 Å². The second kappa shape index (κ2) is 8.63. The highest BCUT2D eigenvalue weighted by atomic mass is 16.5. The summed E-state index contributed by atoms with van der Waals surface area (Å²) in [7, 11) is 4.82. The molecule has 1 saturated heterocycles. The van der Waals surface area contributed by atoms with Gasteiger partial charge in [-0.2, -0.15) is 4.98 Å². The Morgan fingerprint density at radius 1 is 1.03 bits per heavy atom. The van der Waals surface area contributed by atoms with E-state index in [0.717, 1.165) is 44.6 Å². The predicted molar refractivity (Wildman–Crippen MR) is 118 cm³/mol. The summed E-state index contributed by atoms with van der Waals surface area (Å²) in [6, 6.07) is 4.47. The number of benzene rings is 1. The number of aliphatic hydroxyl groups is 1. The number of hydrogen-bond acceptors (Lipinski definition) is 7. The normalized spacial score (nSPS) is 25.9. The maximum Gasteiger partial charge on any atom is 0.319 e. The van der Waals surface area contributed by atoms with E-state index in [-0.39, 0.29) is 17.8 Å². The van der Waals surface area contributed by atoms with Gasteiger partial charge in [0.25, 0.3) is 0 Å². The van der Waals surface area contributed by atoms with Gasteiger partial charge >= 0.3 is 6.01 Å². The van der Waals surface area contributed by atoms with Crippen molar-refractivity contribution in [2.45, 2.75) is 45.3 Å². The lowest BCUT2D eigenvalue weighted by molar-refractivity contribution is -0.149. The summed E-state index contributed by atoms with van der Waals surface area (Å²) in [5.74, 6) is 1.54. The lowest BCUT2D eigenvalue weighted by atomic mass is 9.63. The highest BCUT2D eigenvalue weighted by Gasteiger charge is 2.53. The van der Waals surface area contributed by atoms with Gasteiger partial charge in [0.15, 0.2) is 0 Å². The first-order chi connectivity index (χ1) is 14.9. The minimum absolute atomic E-state index is 0.102. The van der Waals surface area contributed by atoms with Crippen LogP contribution in [0.5, 0.6) is 17.6 Å². The Hall–Kier alpha value is -2.38. The monoisotopic (exact) mass is 427 g/mol. The van der Waals surface area contributed by atoms with Gasteiger partial charge < -0.3 is 19.3 Å². The van der Waals surface area contributed by atoms with E-state index >= 15 is 0 Å². The summed E-state index contributed by atoms with van der Waals surface area (Å²) in [6.07, 6.45) is 4.76. The highest BCUT2D eigenvalue weighted by Crippen LogP contribution is 2.51. The van der Waals surface area contributed by atoms with E-state index < -0.39 is 5.60 Å². The smallest absolute Gasteiger partial charge is 0.319 e. The van der Waals surface area contributed by atoms with Crippen molar-refractivity contribution < 1.29 is 19.3 Å². The molecule has 1 aliphatic carbocycles. The molecule has 2 fully saturated rings. The number of hydrogen-bond donors (Lipinski definition) is 1. The van der Waals surface area contributed by atoms with Gasteiger partial charge in [-0.3, -0.25) is 4.90 Å². The molecule has 1 aliphatic heterocycles.